The summed E-state index contributed by atoms with van der Waals surface area (Å²) in [5.74, 6) is 0. The minimum absolute atomic E-state index is 0.116. The predicted molar refractivity (Wildman–Crippen MR) is 152 cm³/mol. The lowest BCUT2D eigenvalue weighted by Crippen LogP contribution is -2.06. The van der Waals surface area contributed by atoms with E-state index in [9.17, 15) is 43.1 Å². The Kier molecular flexibility index (Phi) is 7.80. The minimum atomic E-state index is -4.44. The van der Waals surface area contributed by atoms with E-state index in [2.05, 4.69) is 0 Å². The third-order valence-electron chi connectivity index (χ3n) is 6.73. The fourth-order valence-electron chi connectivity index (χ4n) is 4.98. The summed E-state index contributed by atoms with van der Waals surface area (Å²) in [6.45, 7) is 5.71. The highest BCUT2D eigenvalue weighted by atomic mass is 31.2. The van der Waals surface area contributed by atoms with Gasteiger partial charge in [0.1, 0.15) is 0 Å². The molecular formula is C27H27O9P3. The Balaban J connectivity index is 2.02. The number of benzene rings is 4. The van der Waals surface area contributed by atoms with Crippen molar-refractivity contribution in [1.29, 1.82) is 0 Å². The number of hydrogen-bond donors (Lipinski definition) is 6. The maximum atomic E-state index is 11.7. The average molecular weight is 588 g/mol. The fourth-order valence-corrected chi connectivity index (χ4v) is 6.60. The van der Waals surface area contributed by atoms with Crippen molar-refractivity contribution in [2.75, 3.05) is 0 Å². The van der Waals surface area contributed by atoms with Gasteiger partial charge in [-0.3, -0.25) is 13.7 Å². The van der Waals surface area contributed by atoms with Crippen molar-refractivity contribution in [3.63, 3.8) is 0 Å². The van der Waals surface area contributed by atoms with E-state index in [0.29, 0.717) is 16.7 Å². The third kappa shape index (κ3) is 5.93. The maximum Gasteiger partial charge on any atom is 0.356 e. The van der Waals surface area contributed by atoms with Crippen LogP contribution in [0.15, 0.2) is 72.8 Å². The molecule has 204 valence electrons. The smallest absolute Gasteiger partial charge is 0.321 e. The molecule has 0 bridgehead atoms. The van der Waals surface area contributed by atoms with Gasteiger partial charge in [0.05, 0.1) is 15.9 Å². The first-order chi connectivity index (χ1) is 18.0. The molecule has 0 spiro atoms. The summed E-state index contributed by atoms with van der Waals surface area (Å²) in [5.41, 5.74) is 6.99. The van der Waals surface area contributed by atoms with Crippen molar-refractivity contribution in [1.82, 2.24) is 0 Å². The van der Waals surface area contributed by atoms with E-state index in [1.807, 2.05) is 20.8 Å². The highest BCUT2D eigenvalue weighted by Crippen LogP contribution is 2.45. The Labute approximate surface area is 225 Å². The molecule has 0 unspecified atom stereocenters. The molecule has 0 atom stereocenters. The van der Waals surface area contributed by atoms with Crippen LogP contribution >= 0.6 is 22.8 Å². The van der Waals surface area contributed by atoms with Crippen LogP contribution in [0.1, 0.15) is 16.7 Å². The molecule has 6 N–H and O–H groups in total. The second-order valence-electron chi connectivity index (χ2n) is 9.27. The zero-order valence-electron chi connectivity index (χ0n) is 21.2. The van der Waals surface area contributed by atoms with Gasteiger partial charge in [0.15, 0.2) is 0 Å². The quantitative estimate of drug-likeness (QED) is 0.182. The normalized spacial score (nSPS) is 12.5. The lowest BCUT2D eigenvalue weighted by Gasteiger charge is -2.24. The van der Waals surface area contributed by atoms with E-state index in [1.165, 1.54) is 36.4 Å². The molecule has 4 aromatic carbocycles. The van der Waals surface area contributed by atoms with Crippen molar-refractivity contribution >= 4 is 38.7 Å². The summed E-state index contributed by atoms with van der Waals surface area (Å²) < 4.78 is 35.2. The highest BCUT2D eigenvalue weighted by molar-refractivity contribution is 7.60. The largest absolute Gasteiger partial charge is 0.356 e. The Morgan fingerprint density at radius 3 is 0.718 bits per heavy atom. The van der Waals surface area contributed by atoms with E-state index < -0.39 is 22.8 Å². The van der Waals surface area contributed by atoms with Gasteiger partial charge in [0, 0.05) is 0 Å². The molecule has 4 rings (SSSR count). The zero-order chi connectivity index (χ0) is 28.9. The van der Waals surface area contributed by atoms with Crippen LogP contribution in [-0.2, 0) is 13.7 Å². The molecule has 0 saturated heterocycles. The first-order valence-electron chi connectivity index (χ1n) is 11.6. The molecule has 0 aliphatic carbocycles. The topological polar surface area (TPSA) is 173 Å². The van der Waals surface area contributed by atoms with E-state index in [4.69, 9.17) is 0 Å². The summed E-state index contributed by atoms with van der Waals surface area (Å²) in [5, 5.41) is -0.347. The summed E-state index contributed by atoms with van der Waals surface area (Å²) >= 11 is 0. The summed E-state index contributed by atoms with van der Waals surface area (Å²) in [4.78, 5) is 57.2. The molecular weight excluding hydrogens is 561 g/mol. The van der Waals surface area contributed by atoms with Crippen LogP contribution in [-0.4, -0.2) is 29.4 Å². The van der Waals surface area contributed by atoms with Gasteiger partial charge in [-0.1, -0.05) is 36.4 Å². The zero-order valence-corrected chi connectivity index (χ0v) is 23.9. The van der Waals surface area contributed by atoms with Crippen molar-refractivity contribution < 1.29 is 43.1 Å². The van der Waals surface area contributed by atoms with Crippen molar-refractivity contribution in [3.8, 4) is 33.4 Å². The second-order valence-corrected chi connectivity index (χ2v) is 14.1. The van der Waals surface area contributed by atoms with Crippen molar-refractivity contribution in [3.05, 3.63) is 89.5 Å². The Morgan fingerprint density at radius 2 is 0.564 bits per heavy atom. The molecule has 0 heterocycles. The molecule has 0 aliphatic heterocycles. The van der Waals surface area contributed by atoms with E-state index in [0.717, 1.165) is 33.4 Å². The lowest BCUT2D eigenvalue weighted by molar-refractivity contribution is 0.385. The number of hydrogen-bond acceptors (Lipinski definition) is 3. The Bertz CT molecular complexity index is 1470. The van der Waals surface area contributed by atoms with Crippen LogP contribution in [0.3, 0.4) is 0 Å². The summed E-state index contributed by atoms with van der Waals surface area (Å²) in [7, 11) is -13.3. The minimum Gasteiger partial charge on any atom is -0.321 e. The summed E-state index contributed by atoms with van der Waals surface area (Å²) in [6.07, 6.45) is 0. The SMILES string of the molecule is Cc1c(-c2ccc(P(=O)(O)O)cc2)c(C)c(-c2ccc(P(=O)(O)O)cc2)c(C)c1-c1ccc(P(=O)(O)O)cc1. The van der Waals surface area contributed by atoms with Crippen LogP contribution in [0.4, 0.5) is 0 Å². The molecule has 0 amide bonds. The molecule has 12 heteroatoms. The van der Waals surface area contributed by atoms with Gasteiger partial charge in [0.2, 0.25) is 0 Å². The Morgan fingerprint density at radius 1 is 0.385 bits per heavy atom. The van der Waals surface area contributed by atoms with Gasteiger partial charge in [-0.15, -0.1) is 0 Å². The van der Waals surface area contributed by atoms with Crippen molar-refractivity contribution in [2.24, 2.45) is 0 Å². The first-order valence-corrected chi connectivity index (χ1v) is 16.5. The molecule has 0 fully saturated rings. The van der Waals surface area contributed by atoms with Crippen molar-refractivity contribution in [2.45, 2.75) is 20.8 Å². The van der Waals surface area contributed by atoms with Crippen LogP contribution in [0, 0.1) is 20.8 Å². The average Bonchev–Trinajstić information content (AvgIpc) is 2.83. The van der Waals surface area contributed by atoms with Gasteiger partial charge in [0.25, 0.3) is 0 Å². The van der Waals surface area contributed by atoms with Crippen LogP contribution in [0.2, 0.25) is 0 Å². The van der Waals surface area contributed by atoms with Crippen LogP contribution in [0.25, 0.3) is 33.4 Å². The van der Waals surface area contributed by atoms with Crippen LogP contribution < -0.4 is 15.9 Å². The van der Waals surface area contributed by atoms with Gasteiger partial charge in [-0.2, -0.15) is 0 Å². The maximum absolute atomic E-state index is 11.7. The molecule has 9 nitrogen and oxygen atoms in total. The lowest BCUT2D eigenvalue weighted by atomic mass is 9.81. The Hall–Kier alpha value is -2.67. The molecule has 39 heavy (non-hydrogen) atoms. The van der Waals surface area contributed by atoms with Gasteiger partial charge in [-0.05, 0) is 107 Å². The molecule has 0 radical (unpaired) electrons. The first kappa shape index (κ1) is 29.3. The highest BCUT2D eigenvalue weighted by Gasteiger charge is 2.24. The summed E-state index contributed by atoms with van der Waals surface area (Å²) in [6, 6.07) is 18.0. The molecule has 4 aromatic rings. The number of rotatable bonds is 6. The fraction of sp³-hybridized carbons (Fsp3) is 0.111. The van der Waals surface area contributed by atoms with E-state index in [-0.39, 0.29) is 15.9 Å². The molecule has 0 aromatic heterocycles. The predicted octanol–water partition coefficient (Wildman–Crippen LogP) is 4.02. The standard InChI is InChI=1S/C27H27O9P3/c1-16-25(19-4-10-22(11-5-19)37(28,29)30)17(2)27(21-8-14-24(15-9-21)39(34,35)36)18(3)26(16)20-6-12-23(13-7-20)38(31,32)33/h4-15H,1-3H3,(H2,28,29,30)(H2,31,32,33)(H2,34,35,36). The van der Waals surface area contributed by atoms with Gasteiger partial charge >= 0.3 is 22.8 Å². The van der Waals surface area contributed by atoms with Gasteiger partial charge in [-0.25, -0.2) is 0 Å². The monoisotopic (exact) mass is 588 g/mol. The third-order valence-corrected chi connectivity index (χ3v) is 9.64. The van der Waals surface area contributed by atoms with E-state index >= 15 is 0 Å². The van der Waals surface area contributed by atoms with Gasteiger partial charge < -0.3 is 29.4 Å². The van der Waals surface area contributed by atoms with Crippen LogP contribution in [0.5, 0.6) is 0 Å². The molecule has 0 aliphatic rings. The molecule has 0 saturated carbocycles. The second kappa shape index (κ2) is 10.4. The van der Waals surface area contributed by atoms with E-state index in [1.54, 1.807) is 36.4 Å².